The molecule has 1 amide bonds. The first-order chi connectivity index (χ1) is 24.8. The highest BCUT2D eigenvalue weighted by Gasteiger charge is 2.42. The van der Waals surface area contributed by atoms with Crippen LogP contribution in [0.1, 0.15) is 63.7 Å². The van der Waals surface area contributed by atoms with Gasteiger partial charge in [0.25, 0.3) is 5.91 Å². The molecule has 0 aliphatic carbocycles. The average molecular weight is 691 g/mol. The molecule has 266 valence electrons. The summed E-state index contributed by atoms with van der Waals surface area (Å²) in [5, 5.41) is 0. The highest BCUT2D eigenvalue weighted by Crippen LogP contribution is 2.42. The number of carbonyl (C=O) groups is 2. The van der Waals surface area contributed by atoms with Gasteiger partial charge in [0.2, 0.25) is 11.5 Å². The molecule has 0 bridgehead atoms. The number of hydrogen-bond donors (Lipinski definition) is 0. The third-order valence-electron chi connectivity index (χ3n) is 10.8. The molecular formula is C41H46N4O6. The molecule has 1 atom stereocenters. The standard InChI is InChI=1S/C41H46N4O6/c1-28-14-15-32(51-28)26-45-34-13-9-8-12-33(34)42-39(45)37(46)29-16-20-43(21-17-29)22-18-41(31-10-6-5-7-11-31)19-23-44(27-41)40(47)30-24-35(48-2)38(50-4)36(25-30)49-3/h5-15,24-25,29H,16-23,26-27H2,1-4H3. The second-order valence-electron chi connectivity index (χ2n) is 13.8. The van der Waals surface area contributed by atoms with Crippen molar-refractivity contribution in [2.75, 3.05) is 54.1 Å². The van der Waals surface area contributed by atoms with Crippen LogP contribution in [0.2, 0.25) is 0 Å². The van der Waals surface area contributed by atoms with Gasteiger partial charge in [-0.1, -0.05) is 42.5 Å². The Labute approximate surface area is 298 Å². The zero-order valence-corrected chi connectivity index (χ0v) is 29.9. The van der Waals surface area contributed by atoms with E-state index in [2.05, 4.69) is 29.2 Å². The number of furan rings is 1. The Morgan fingerprint density at radius 3 is 2.25 bits per heavy atom. The molecule has 10 heteroatoms. The van der Waals surface area contributed by atoms with E-state index in [9.17, 15) is 9.59 Å². The van der Waals surface area contributed by atoms with Crippen LogP contribution in [0.15, 0.2) is 83.3 Å². The highest BCUT2D eigenvalue weighted by molar-refractivity contribution is 5.98. The Kier molecular flexibility index (Phi) is 9.86. The predicted octanol–water partition coefficient (Wildman–Crippen LogP) is 6.78. The zero-order chi connectivity index (χ0) is 35.5. The van der Waals surface area contributed by atoms with Crippen molar-refractivity contribution in [3.05, 3.63) is 107 Å². The zero-order valence-electron chi connectivity index (χ0n) is 29.9. The molecule has 2 saturated heterocycles. The van der Waals surface area contributed by atoms with E-state index in [-0.39, 0.29) is 23.0 Å². The van der Waals surface area contributed by atoms with Crippen LogP contribution in [0, 0.1) is 12.8 Å². The number of aromatic nitrogens is 2. The lowest BCUT2D eigenvalue weighted by atomic mass is 9.76. The molecular weight excluding hydrogens is 644 g/mol. The van der Waals surface area contributed by atoms with Crippen molar-refractivity contribution in [1.82, 2.24) is 19.4 Å². The Hall–Kier alpha value is -5.09. The normalized spacial score (nSPS) is 18.3. The molecule has 2 aliphatic heterocycles. The number of fused-ring (bicyclic) bond motifs is 1. The first kappa shape index (κ1) is 34.4. The van der Waals surface area contributed by atoms with Gasteiger partial charge in [0, 0.05) is 30.0 Å². The topological polar surface area (TPSA) is 99.3 Å². The number of para-hydroxylation sites is 2. The predicted molar refractivity (Wildman–Crippen MR) is 195 cm³/mol. The fourth-order valence-corrected chi connectivity index (χ4v) is 7.93. The number of carbonyl (C=O) groups excluding carboxylic acids is 2. The van der Waals surface area contributed by atoms with Gasteiger partial charge < -0.3 is 33.0 Å². The van der Waals surface area contributed by atoms with E-state index in [0.29, 0.717) is 48.3 Å². The van der Waals surface area contributed by atoms with Gasteiger partial charge in [-0.25, -0.2) is 4.98 Å². The van der Waals surface area contributed by atoms with Crippen molar-refractivity contribution in [2.45, 2.75) is 44.6 Å². The number of ketones is 1. The molecule has 0 spiro atoms. The summed E-state index contributed by atoms with van der Waals surface area (Å²) in [5.41, 5.74) is 3.34. The van der Waals surface area contributed by atoms with Crippen LogP contribution in [0.3, 0.4) is 0 Å². The summed E-state index contributed by atoms with van der Waals surface area (Å²) in [7, 11) is 4.67. The quantitative estimate of drug-likeness (QED) is 0.132. The third kappa shape index (κ3) is 6.85. The van der Waals surface area contributed by atoms with E-state index in [0.717, 1.165) is 67.9 Å². The van der Waals surface area contributed by atoms with Gasteiger partial charge in [0.1, 0.15) is 11.5 Å². The van der Waals surface area contributed by atoms with Crippen molar-refractivity contribution in [1.29, 1.82) is 0 Å². The number of methoxy groups -OCH3 is 3. The monoisotopic (exact) mass is 690 g/mol. The van der Waals surface area contributed by atoms with Crippen molar-refractivity contribution in [3.8, 4) is 17.2 Å². The summed E-state index contributed by atoms with van der Waals surface area (Å²) < 4.78 is 24.4. The number of benzene rings is 3. The number of piperidine rings is 1. The van der Waals surface area contributed by atoms with Gasteiger partial charge in [0.05, 0.1) is 38.9 Å². The van der Waals surface area contributed by atoms with Gasteiger partial charge in [0.15, 0.2) is 17.3 Å². The first-order valence-electron chi connectivity index (χ1n) is 17.7. The lowest BCUT2D eigenvalue weighted by molar-refractivity contribution is 0.0777. The van der Waals surface area contributed by atoms with Gasteiger partial charge >= 0.3 is 0 Å². The minimum atomic E-state index is -0.181. The summed E-state index contributed by atoms with van der Waals surface area (Å²) in [6, 6.07) is 25.9. The van der Waals surface area contributed by atoms with E-state index in [1.807, 2.05) is 58.9 Å². The number of imidazole rings is 1. The Morgan fingerprint density at radius 2 is 1.59 bits per heavy atom. The van der Waals surface area contributed by atoms with E-state index in [1.54, 1.807) is 33.5 Å². The molecule has 2 aliphatic rings. The summed E-state index contributed by atoms with van der Waals surface area (Å²) >= 11 is 0. The molecule has 1 unspecified atom stereocenters. The summed E-state index contributed by atoms with van der Waals surface area (Å²) in [6.45, 7) is 6.23. The first-order valence-corrected chi connectivity index (χ1v) is 17.7. The van der Waals surface area contributed by atoms with E-state index in [1.165, 1.54) is 5.56 Å². The molecule has 51 heavy (non-hydrogen) atoms. The minimum absolute atomic E-state index is 0.0559. The van der Waals surface area contributed by atoms with Crippen molar-refractivity contribution >= 4 is 22.7 Å². The Balaban J connectivity index is 1.03. The molecule has 3 aromatic carbocycles. The average Bonchev–Trinajstić information content (AvgIpc) is 3.91. The molecule has 5 aromatic rings. The molecule has 2 fully saturated rings. The van der Waals surface area contributed by atoms with E-state index >= 15 is 0 Å². The number of hydrogen-bond acceptors (Lipinski definition) is 8. The number of amides is 1. The lowest BCUT2D eigenvalue weighted by Crippen LogP contribution is -2.41. The fourth-order valence-electron chi connectivity index (χ4n) is 7.93. The number of ether oxygens (including phenoxy) is 3. The van der Waals surface area contributed by atoms with Gasteiger partial charge in [-0.15, -0.1) is 0 Å². The highest BCUT2D eigenvalue weighted by atomic mass is 16.5. The summed E-state index contributed by atoms with van der Waals surface area (Å²) in [4.78, 5) is 37.2. The van der Waals surface area contributed by atoms with Crippen LogP contribution in [0.5, 0.6) is 17.2 Å². The van der Waals surface area contributed by atoms with Crippen molar-refractivity contribution in [3.63, 3.8) is 0 Å². The Bertz CT molecular complexity index is 1990. The van der Waals surface area contributed by atoms with Crippen molar-refractivity contribution in [2.24, 2.45) is 5.92 Å². The van der Waals surface area contributed by atoms with E-state index < -0.39 is 0 Å². The number of nitrogens with zero attached hydrogens (tertiary/aromatic N) is 4. The summed E-state index contributed by atoms with van der Waals surface area (Å²) in [5.74, 6) is 3.50. The molecule has 0 radical (unpaired) electrons. The van der Waals surface area contributed by atoms with Gasteiger partial charge in [-0.2, -0.15) is 0 Å². The second kappa shape index (κ2) is 14.6. The maximum Gasteiger partial charge on any atom is 0.254 e. The molecule has 4 heterocycles. The maximum atomic E-state index is 14.0. The van der Waals surface area contributed by atoms with Crippen molar-refractivity contribution < 1.29 is 28.2 Å². The second-order valence-corrected chi connectivity index (χ2v) is 13.8. The smallest absolute Gasteiger partial charge is 0.254 e. The van der Waals surface area contributed by atoms with E-state index in [4.69, 9.17) is 23.6 Å². The molecule has 7 rings (SSSR count). The SMILES string of the molecule is COc1cc(C(=O)N2CCC(CCN3CCC(C(=O)c4nc5ccccc5n4Cc4ccc(C)o4)CC3)(c3ccccc3)C2)cc(OC)c1OC. The molecule has 2 aromatic heterocycles. The van der Waals surface area contributed by atoms with Crippen LogP contribution in [0.25, 0.3) is 11.0 Å². The van der Waals surface area contributed by atoms with Crippen LogP contribution in [-0.4, -0.2) is 85.1 Å². The fraction of sp³-hybridized carbons (Fsp3) is 0.390. The van der Waals surface area contributed by atoms with Crippen LogP contribution in [-0.2, 0) is 12.0 Å². The largest absolute Gasteiger partial charge is 0.493 e. The van der Waals surface area contributed by atoms with Crippen LogP contribution < -0.4 is 14.2 Å². The summed E-state index contributed by atoms with van der Waals surface area (Å²) in [6.07, 6.45) is 3.35. The minimum Gasteiger partial charge on any atom is -0.493 e. The maximum absolute atomic E-state index is 14.0. The lowest BCUT2D eigenvalue weighted by Gasteiger charge is -2.36. The van der Waals surface area contributed by atoms with Gasteiger partial charge in [-0.05, 0) is 94.2 Å². The molecule has 0 saturated carbocycles. The number of aryl methyl sites for hydroxylation is 1. The van der Waals surface area contributed by atoms with Crippen LogP contribution in [0.4, 0.5) is 0 Å². The molecule has 10 nitrogen and oxygen atoms in total. The number of Topliss-reactive ketones (excluding diaryl/α,β-unsaturated/α-hetero) is 1. The number of likely N-dealkylation sites (tertiary alicyclic amines) is 2. The third-order valence-corrected chi connectivity index (χ3v) is 10.8. The molecule has 0 N–H and O–H groups in total. The van der Waals surface area contributed by atoms with Crippen LogP contribution >= 0.6 is 0 Å². The Morgan fingerprint density at radius 1 is 0.882 bits per heavy atom. The van der Waals surface area contributed by atoms with Gasteiger partial charge in [-0.3, -0.25) is 9.59 Å². The number of rotatable bonds is 12.